The minimum Gasteiger partial charge on any atom is -0.396 e. The van der Waals surface area contributed by atoms with Crippen LogP contribution in [0.25, 0.3) is 0 Å². The Morgan fingerprint density at radius 2 is 2.11 bits per heavy atom. The van der Waals surface area contributed by atoms with Gasteiger partial charge in [0.1, 0.15) is 0 Å². The van der Waals surface area contributed by atoms with Crippen molar-refractivity contribution >= 4 is 5.91 Å². The Morgan fingerprint density at radius 1 is 1.47 bits per heavy atom. The van der Waals surface area contributed by atoms with Crippen LogP contribution in [0.2, 0.25) is 0 Å². The van der Waals surface area contributed by atoms with Gasteiger partial charge in [-0.3, -0.25) is 4.79 Å². The largest absolute Gasteiger partial charge is 0.396 e. The predicted molar refractivity (Wildman–Crippen MR) is 77.7 cm³/mol. The second-order valence-electron chi connectivity index (χ2n) is 6.41. The first kappa shape index (κ1) is 16.4. The van der Waals surface area contributed by atoms with Gasteiger partial charge in [-0.05, 0) is 31.6 Å². The summed E-state index contributed by atoms with van der Waals surface area (Å²) in [6.45, 7) is 6.88. The second kappa shape index (κ2) is 6.71. The van der Waals surface area contributed by atoms with Crippen LogP contribution in [0.4, 0.5) is 0 Å². The third kappa shape index (κ3) is 3.93. The molecule has 0 heterocycles. The lowest BCUT2D eigenvalue weighted by atomic mass is 9.76. The zero-order valence-electron chi connectivity index (χ0n) is 12.7. The molecule has 4 N–H and O–H groups in total. The molecular weight excluding hydrogens is 240 g/mol. The lowest BCUT2D eigenvalue weighted by Crippen LogP contribution is -2.57. The third-order valence-electron chi connectivity index (χ3n) is 4.94. The molecule has 2 unspecified atom stereocenters. The fraction of sp³-hybridized carbons (Fsp3) is 0.933. The highest BCUT2D eigenvalue weighted by Gasteiger charge is 2.38. The van der Waals surface area contributed by atoms with Gasteiger partial charge in [-0.15, -0.1) is 0 Å². The fourth-order valence-electron chi connectivity index (χ4n) is 3.02. The molecule has 4 heteroatoms. The first-order valence-corrected chi connectivity index (χ1v) is 7.59. The van der Waals surface area contributed by atoms with E-state index < -0.39 is 5.54 Å². The SMILES string of the molecule is CCC(CC)(CO)CNC(=O)C1(N)CCCC(C)C1. The Kier molecular flexibility index (Phi) is 5.81. The van der Waals surface area contributed by atoms with Crippen molar-refractivity contribution in [3.8, 4) is 0 Å². The highest BCUT2D eigenvalue weighted by Crippen LogP contribution is 2.31. The molecular formula is C15H30N2O2. The van der Waals surface area contributed by atoms with E-state index in [1.54, 1.807) is 0 Å². The molecule has 0 aromatic heterocycles. The number of nitrogens with two attached hydrogens (primary N) is 1. The van der Waals surface area contributed by atoms with Crippen molar-refractivity contribution in [2.24, 2.45) is 17.1 Å². The minimum absolute atomic E-state index is 0.0428. The lowest BCUT2D eigenvalue weighted by Gasteiger charge is -2.37. The smallest absolute Gasteiger partial charge is 0.240 e. The molecule has 4 nitrogen and oxygen atoms in total. The van der Waals surface area contributed by atoms with Crippen LogP contribution < -0.4 is 11.1 Å². The van der Waals surface area contributed by atoms with E-state index in [0.717, 1.165) is 38.5 Å². The van der Waals surface area contributed by atoms with Crippen molar-refractivity contribution in [3.05, 3.63) is 0 Å². The van der Waals surface area contributed by atoms with Crippen LogP contribution in [0.5, 0.6) is 0 Å². The van der Waals surface area contributed by atoms with E-state index in [9.17, 15) is 9.90 Å². The van der Waals surface area contributed by atoms with Gasteiger partial charge in [0.25, 0.3) is 0 Å². The average molecular weight is 270 g/mol. The van der Waals surface area contributed by atoms with Gasteiger partial charge in [-0.25, -0.2) is 0 Å². The molecule has 1 saturated carbocycles. The van der Waals surface area contributed by atoms with Gasteiger partial charge in [0.15, 0.2) is 0 Å². The van der Waals surface area contributed by atoms with Crippen molar-refractivity contribution in [1.29, 1.82) is 0 Å². The summed E-state index contributed by atoms with van der Waals surface area (Å²) in [7, 11) is 0. The lowest BCUT2D eigenvalue weighted by molar-refractivity contribution is -0.128. The second-order valence-corrected chi connectivity index (χ2v) is 6.41. The molecule has 0 aromatic rings. The van der Waals surface area contributed by atoms with Crippen molar-refractivity contribution in [1.82, 2.24) is 5.32 Å². The van der Waals surface area contributed by atoms with Crippen LogP contribution >= 0.6 is 0 Å². The van der Waals surface area contributed by atoms with Gasteiger partial charge in [0.2, 0.25) is 5.91 Å². The number of nitrogens with one attached hydrogen (secondary N) is 1. The molecule has 0 saturated heterocycles. The van der Waals surface area contributed by atoms with Gasteiger partial charge >= 0.3 is 0 Å². The topological polar surface area (TPSA) is 75.3 Å². The summed E-state index contributed by atoms with van der Waals surface area (Å²) in [6.07, 6.45) is 5.44. The first-order valence-electron chi connectivity index (χ1n) is 7.59. The number of hydrogen-bond acceptors (Lipinski definition) is 3. The first-order chi connectivity index (χ1) is 8.91. The van der Waals surface area contributed by atoms with E-state index >= 15 is 0 Å². The maximum absolute atomic E-state index is 12.3. The summed E-state index contributed by atoms with van der Waals surface area (Å²) in [5.74, 6) is 0.475. The maximum Gasteiger partial charge on any atom is 0.240 e. The highest BCUT2D eigenvalue weighted by molar-refractivity contribution is 5.86. The van der Waals surface area contributed by atoms with Crippen LogP contribution in [0.3, 0.4) is 0 Å². The van der Waals surface area contributed by atoms with Crippen LogP contribution in [0.1, 0.15) is 59.3 Å². The van der Waals surface area contributed by atoms with E-state index in [4.69, 9.17) is 5.73 Å². The standard InChI is InChI=1S/C15H30N2O2/c1-4-14(5-2,11-18)10-17-13(19)15(16)8-6-7-12(3)9-15/h12,18H,4-11,16H2,1-3H3,(H,17,19). The van der Waals surface area contributed by atoms with Gasteiger partial charge in [0.05, 0.1) is 12.1 Å². The Labute approximate surface area is 117 Å². The highest BCUT2D eigenvalue weighted by atomic mass is 16.3. The summed E-state index contributed by atoms with van der Waals surface area (Å²) in [4.78, 5) is 12.3. The molecule has 0 bridgehead atoms. The van der Waals surface area contributed by atoms with Crippen molar-refractivity contribution < 1.29 is 9.90 Å². The summed E-state index contributed by atoms with van der Waals surface area (Å²) in [6, 6.07) is 0. The average Bonchev–Trinajstić information content (AvgIpc) is 2.40. The summed E-state index contributed by atoms with van der Waals surface area (Å²) < 4.78 is 0. The third-order valence-corrected chi connectivity index (χ3v) is 4.94. The van der Waals surface area contributed by atoms with Gasteiger partial charge < -0.3 is 16.2 Å². The van der Waals surface area contributed by atoms with Crippen molar-refractivity contribution in [2.45, 2.75) is 64.8 Å². The fourth-order valence-corrected chi connectivity index (χ4v) is 3.02. The number of rotatable bonds is 6. The van der Waals surface area contributed by atoms with Crippen LogP contribution in [-0.4, -0.2) is 29.7 Å². The summed E-state index contributed by atoms with van der Waals surface area (Å²) >= 11 is 0. The van der Waals surface area contributed by atoms with Crippen molar-refractivity contribution in [3.63, 3.8) is 0 Å². The number of hydrogen-bond donors (Lipinski definition) is 3. The molecule has 0 aromatic carbocycles. The molecule has 1 rings (SSSR count). The van der Waals surface area contributed by atoms with Gasteiger partial charge in [-0.2, -0.15) is 0 Å². The van der Waals surface area contributed by atoms with Gasteiger partial charge in [-0.1, -0.05) is 33.6 Å². The van der Waals surface area contributed by atoms with E-state index in [1.807, 2.05) is 13.8 Å². The molecule has 0 spiro atoms. The molecule has 1 aliphatic carbocycles. The quantitative estimate of drug-likeness (QED) is 0.689. The maximum atomic E-state index is 12.3. The van der Waals surface area contributed by atoms with E-state index in [0.29, 0.717) is 12.5 Å². The van der Waals surface area contributed by atoms with Crippen LogP contribution in [-0.2, 0) is 4.79 Å². The number of carbonyl (C=O) groups is 1. The molecule has 2 atom stereocenters. The number of aliphatic hydroxyl groups is 1. The number of carbonyl (C=O) groups excluding carboxylic acids is 1. The van der Waals surface area contributed by atoms with Crippen molar-refractivity contribution in [2.75, 3.05) is 13.2 Å². The molecule has 0 radical (unpaired) electrons. The van der Waals surface area contributed by atoms with E-state index in [1.165, 1.54) is 0 Å². The van der Waals surface area contributed by atoms with E-state index in [-0.39, 0.29) is 17.9 Å². The molecule has 19 heavy (non-hydrogen) atoms. The zero-order valence-corrected chi connectivity index (χ0v) is 12.7. The predicted octanol–water partition coefficient (Wildman–Crippen LogP) is 1.81. The monoisotopic (exact) mass is 270 g/mol. The Balaban J connectivity index is 2.59. The summed E-state index contributed by atoms with van der Waals surface area (Å²) in [5, 5.41) is 12.5. The normalized spacial score (nSPS) is 28.2. The molecule has 1 fully saturated rings. The molecule has 1 amide bonds. The zero-order chi connectivity index (χ0) is 14.5. The van der Waals surface area contributed by atoms with E-state index in [2.05, 4.69) is 12.2 Å². The molecule has 1 aliphatic rings. The Hall–Kier alpha value is -0.610. The summed E-state index contributed by atoms with van der Waals surface area (Å²) in [5.41, 5.74) is 5.36. The van der Waals surface area contributed by atoms with Gasteiger partial charge in [0, 0.05) is 12.0 Å². The molecule has 0 aliphatic heterocycles. The van der Waals surface area contributed by atoms with Crippen LogP contribution in [0.15, 0.2) is 0 Å². The number of amides is 1. The molecule has 112 valence electrons. The minimum atomic E-state index is -0.708. The van der Waals surface area contributed by atoms with Crippen LogP contribution in [0, 0.1) is 11.3 Å². The Bertz CT molecular complexity index is 294. The Morgan fingerprint density at radius 3 is 2.58 bits per heavy atom. The number of aliphatic hydroxyl groups excluding tert-OH is 1.